The Labute approximate surface area is 379 Å². The summed E-state index contributed by atoms with van der Waals surface area (Å²) < 4.78 is 16.8. The first kappa shape index (κ1) is 58.9. The Hall–Kier alpha value is -2.11. The van der Waals surface area contributed by atoms with Crippen LogP contribution in [-0.4, -0.2) is 37.2 Å². The zero-order valence-corrected chi connectivity index (χ0v) is 40.9. The van der Waals surface area contributed by atoms with E-state index in [4.69, 9.17) is 14.2 Å². The van der Waals surface area contributed by atoms with E-state index in [2.05, 4.69) is 45.1 Å². The van der Waals surface area contributed by atoms with E-state index < -0.39 is 6.10 Å². The summed E-state index contributed by atoms with van der Waals surface area (Å²) in [6, 6.07) is 0. The monoisotopic (exact) mass is 859 g/mol. The zero-order chi connectivity index (χ0) is 44.4. The van der Waals surface area contributed by atoms with Crippen LogP contribution in [0.15, 0.2) is 24.3 Å². The molecular weight excluding hydrogens is 757 g/mol. The molecule has 0 unspecified atom stereocenters. The highest BCUT2D eigenvalue weighted by Gasteiger charge is 2.19. The summed E-state index contributed by atoms with van der Waals surface area (Å²) in [6.07, 6.45) is 57.3. The minimum absolute atomic E-state index is 0.0733. The Balaban J connectivity index is 4.33. The van der Waals surface area contributed by atoms with Gasteiger partial charge in [-0.3, -0.25) is 14.4 Å². The Bertz CT molecular complexity index is 989. The van der Waals surface area contributed by atoms with E-state index >= 15 is 0 Å². The molecular formula is C55H102O6. The van der Waals surface area contributed by atoms with Crippen molar-refractivity contribution in [2.24, 2.45) is 0 Å². The second kappa shape index (κ2) is 50.5. The van der Waals surface area contributed by atoms with Gasteiger partial charge in [-0.05, 0) is 70.6 Å². The molecule has 0 N–H and O–H groups in total. The summed E-state index contributed by atoms with van der Waals surface area (Å²) in [5.41, 5.74) is 0. The van der Waals surface area contributed by atoms with E-state index in [1.807, 2.05) is 0 Å². The average molecular weight is 859 g/mol. The van der Waals surface area contributed by atoms with Gasteiger partial charge < -0.3 is 14.2 Å². The van der Waals surface area contributed by atoms with E-state index in [1.165, 1.54) is 180 Å². The van der Waals surface area contributed by atoms with Crippen LogP contribution in [0.25, 0.3) is 0 Å². The predicted molar refractivity (Wildman–Crippen MR) is 261 cm³/mol. The molecule has 0 bridgehead atoms. The van der Waals surface area contributed by atoms with Gasteiger partial charge in [0.2, 0.25) is 0 Å². The molecule has 0 saturated carbocycles. The molecule has 0 saturated heterocycles. The molecule has 358 valence electrons. The molecule has 0 aromatic heterocycles. The van der Waals surface area contributed by atoms with E-state index in [9.17, 15) is 14.4 Å². The van der Waals surface area contributed by atoms with Crippen LogP contribution in [0.4, 0.5) is 0 Å². The van der Waals surface area contributed by atoms with Crippen LogP contribution in [0.2, 0.25) is 0 Å². The van der Waals surface area contributed by atoms with Crippen molar-refractivity contribution in [2.75, 3.05) is 13.2 Å². The summed E-state index contributed by atoms with van der Waals surface area (Å²) in [4.78, 5) is 38.0. The molecule has 0 aliphatic rings. The molecule has 1 atom stereocenters. The highest BCUT2D eigenvalue weighted by molar-refractivity contribution is 5.71. The van der Waals surface area contributed by atoms with Crippen molar-refractivity contribution in [1.29, 1.82) is 0 Å². The highest BCUT2D eigenvalue weighted by Crippen LogP contribution is 2.16. The molecule has 0 spiro atoms. The number of allylic oxidation sites excluding steroid dienone is 4. The number of carbonyl (C=O) groups excluding carboxylic acids is 3. The fourth-order valence-corrected chi connectivity index (χ4v) is 7.84. The summed E-state index contributed by atoms with van der Waals surface area (Å²) in [5.74, 6) is -0.877. The van der Waals surface area contributed by atoms with Crippen LogP contribution in [0.3, 0.4) is 0 Å². The zero-order valence-electron chi connectivity index (χ0n) is 40.9. The molecule has 0 aromatic rings. The van der Waals surface area contributed by atoms with Gasteiger partial charge in [0.05, 0.1) is 0 Å². The summed E-state index contributed by atoms with van der Waals surface area (Å²) in [5, 5.41) is 0. The van der Waals surface area contributed by atoms with Crippen LogP contribution < -0.4 is 0 Å². The van der Waals surface area contributed by atoms with Gasteiger partial charge in [-0.1, -0.05) is 225 Å². The number of hydrogen-bond acceptors (Lipinski definition) is 6. The van der Waals surface area contributed by atoms with Crippen molar-refractivity contribution >= 4 is 17.9 Å². The molecule has 0 fully saturated rings. The first-order chi connectivity index (χ1) is 30.0. The van der Waals surface area contributed by atoms with Gasteiger partial charge in [-0.25, -0.2) is 0 Å². The summed E-state index contributed by atoms with van der Waals surface area (Å²) in [6.45, 7) is 6.63. The van der Waals surface area contributed by atoms with Crippen molar-refractivity contribution < 1.29 is 28.6 Å². The number of unbranched alkanes of at least 4 members (excludes halogenated alkanes) is 34. The first-order valence-electron chi connectivity index (χ1n) is 26.8. The number of carbonyl (C=O) groups is 3. The average Bonchev–Trinajstić information content (AvgIpc) is 3.26. The van der Waals surface area contributed by atoms with Gasteiger partial charge in [0.1, 0.15) is 13.2 Å². The van der Waals surface area contributed by atoms with Gasteiger partial charge in [0.15, 0.2) is 6.10 Å². The lowest BCUT2D eigenvalue weighted by molar-refractivity contribution is -0.167. The SMILES string of the molecule is CCCCCC/C=C/CCCCCCCC(=O)OC[C@H](COC(=O)CCCCCCCCCCCCCCCCCCC)OC(=O)CCCCCCC/C=C/CCCCCC. The van der Waals surface area contributed by atoms with Gasteiger partial charge in [-0.2, -0.15) is 0 Å². The van der Waals surface area contributed by atoms with Crippen molar-refractivity contribution in [1.82, 2.24) is 0 Å². The third-order valence-electron chi connectivity index (χ3n) is 11.9. The Kier molecular flexibility index (Phi) is 48.8. The molecule has 0 aliphatic heterocycles. The predicted octanol–water partition coefficient (Wildman–Crippen LogP) is 17.5. The lowest BCUT2D eigenvalue weighted by atomic mass is 10.0. The third-order valence-corrected chi connectivity index (χ3v) is 11.9. The minimum Gasteiger partial charge on any atom is -0.462 e. The topological polar surface area (TPSA) is 78.9 Å². The summed E-state index contributed by atoms with van der Waals surface area (Å²) in [7, 11) is 0. The molecule has 61 heavy (non-hydrogen) atoms. The quantitative estimate of drug-likeness (QED) is 0.0262. The van der Waals surface area contributed by atoms with Gasteiger partial charge >= 0.3 is 17.9 Å². The second-order valence-corrected chi connectivity index (χ2v) is 18.1. The molecule has 0 aromatic carbocycles. The molecule has 0 rings (SSSR count). The third kappa shape index (κ3) is 48.8. The Morgan fingerprint density at radius 3 is 0.836 bits per heavy atom. The van der Waals surface area contributed by atoms with Crippen molar-refractivity contribution in [3.05, 3.63) is 24.3 Å². The standard InChI is InChI=1S/C55H102O6/c1-4-7-10-13-16-19-22-25-26-27-28-31-33-36-39-42-45-48-54(57)60-51-52(61-55(58)49-46-43-40-37-34-30-24-21-18-15-12-9-6-3)50-59-53(56)47-44-41-38-35-32-29-23-20-17-14-11-8-5-2/h20-21,23-24,52H,4-19,22,25-51H2,1-3H3/b23-20+,24-21+/t52-/m1/s1. The van der Waals surface area contributed by atoms with Crippen LogP contribution in [0.5, 0.6) is 0 Å². The minimum atomic E-state index is -0.774. The number of hydrogen-bond donors (Lipinski definition) is 0. The van der Waals surface area contributed by atoms with E-state index in [1.54, 1.807) is 0 Å². The van der Waals surface area contributed by atoms with Gasteiger partial charge in [-0.15, -0.1) is 0 Å². The largest absolute Gasteiger partial charge is 0.462 e. The molecule has 6 heteroatoms. The van der Waals surface area contributed by atoms with Crippen LogP contribution >= 0.6 is 0 Å². The lowest BCUT2D eigenvalue weighted by Crippen LogP contribution is -2.30. The molecule has 0 radical (unpaired) electrons. The fraction of sp³-hybridized carbons (Fsp3) is 0.873. The van der Waals surface area contributed by atoms with Crippen LogP contribution in [-0.2, 0) is 28.6 Å². The van der Waals surface area contributed by atoms with Crippen molar-refractivity contribution in [2.45, 2.75) is 297 Å². The van der Waals surface area contributed by atoms with E-state index in [0.717, 1.165) is 70.6 Å². The maximum atomic E-state index is 12.8. The molecule has 0 heterocycles. The number of rotatable bonds is 49. The normalized spacial score (nSPS) is 12.1. The maximum absolute atomic E-state index is 12.8. The first-order valence-corrected chi connectivity index (χ1v) is 26.8. The Morgan fingerprint density at radius 2 is 0.541 bits per heavy atom. The number of esters is 3. The Morgan fingerprint density at radius 1 is 0.311 bits per heavy atom. The van der Waals surface area contributed by atoms with Crippen molar-refractivity contribution in [3.63, 3.8) is 0 Å². The lowest BCUT2D eigenvalue weighted by Gasteiger charge is -2.18. The van der Waals surface area contributed by atoms with Crippen LogP contribution in [0, 0.1) is 0 Å². The van der Waals surface area contributed by atoms with E-state index in [-0.39, 0.29) is 31.1 Å². The molecule has 6 nitrogen and oxygen atoms in total. The number of ether oxygens (including phenoxy) is 3. The molecule has 0 amide bonds. The fourth-order valence-electron chi connectivity index (χ4n) is 7.84. The second-order valence-electron chi connectivity index (χ2n) is 18.1. The smallest absolute Gasteiger partial charge is 0.306 e. The maximum Gasteiger partial charge on any atom is 0.306 e. The summed E-state index contributed by atoms with van der Waals surface area (Å²) >= 11 is 0. The highest BCUT2D eigenvalue weighted by atomic mass is 16.6. The van der Waals surface area contributed by atoms with Gasteiger partial charge in [0.25, 0.3) is 0 Å². The van der Waals surface area contributed by atoms with Gasteiger partial charge in [0, 0.05) is 19.3 Å². The molecule has 0 aliphatic carbocycles. The van der Waals surface area contributed by atoms with Crippen molar-refractivity contribution in [3.8, 4) is 0 Å². The van der Waals surface area contributed by atoms with Crippen LogP contribution in [0.1, 0.15) is 290 Å². The van der Waals surface area contributed by atoms with E-state index in [0.29, 0.717) is 19.3 Å².